The van der Waals surface area contributed by atoms with Crippen LogP contribution in [-0.4, -0.2) is 73.0 Å². The molecule has 0 aliphatic carbocycles. The molecule has 10 heteroatoms. The van der Waals surface area contributed by atoms with Gasteiger partial charge in [-0.25, -0.2) is 4.79 Å². The van der Waals surface area contributed by atoms with Crippen molar-refractivity contribution < 1.29 is 32.2 Å². The van der Waals surface area contributed by atoms with Gasteiger partial charge in [0.15, 0.2) is 0 Å². The molecule has 29 heavy (non-hydrogen) atoms. The van der Waals surface area contributed by atoms with Crippen molar-refractivity contribution in [3.63, 3.8) is 0 Å². The lowest BCUT2D eigenvalue weighted by molar-refractivity contribution is -0.274. The van der Waals surface area contributed by atoms with Crippen LogP contribution in [0.3, 0.4) is 0 Å². The first-order valence-electron chi connectivity index (χ1n) is 9.56. The quantitative estimate of drug-likeness (QED) is 0.820. The van der Waals surface area contributed by atoms with Crippen LogP contribution in [-0.2, 0) is 16.0 Å². The lowest BCUT2D eigenvalue weighted by Gasteiger charge is -2.46. The number of hydrogen-bond donors (Lipinski definition) is 1. The van der Waals surface area contributed by atoms with Crippen molar-refractivity contribution in [3.05, 3.63) is 29.8 Å². The summed E-state index contributed by atoms with van der Waals surface area (Å²) >= 11 is 0. The average molecular weight is 413 g/mol. The van der Waals surface area contributed by atoms with Crippen LogP contribution in [0.25, 0.3) is 0 Å². The molecule has 7 nitrogen and oxygen atoms in total. The normalized spacial score (nSPS) is 25.1. The van der Waals surface area contributed by atoms with Crippen molar-refractivity contribution in [1.82, 2.24) is 15.1 Å². The molecule has 3 fully saturated rings. The molecule has 1 aromatic carbocycles. The summed E-state index contributed by atoms with van der Waals surface area (Å²) in [6.45, 7) is 2.17. The van der Waals surface area contributed by atoms with Gasteiger partial charge in [0.1, 0.15) is 12.4 Å². The Labute approximate surface area is 165 Å². The van der Waals surface area contributed by atoms with Gasteiger partial charge in [0, 0.05) is 26.2 Å². The minimum Gasteiger partial charge on any atom is -0.406 e. The largest absolute Gasteiger partial charge is 0.573 e. The molecule has 0 aromatic heterocycles. The number of benzene rings is 1. The highest BCUT2D eigenvalue weighted by Crippen LogP contribution is 2.27. The molecule has 0 bridgehead atoms. The lowest BCUT2D eigenvalue weighted by atomic mass is 9.92. The van der Waals surface area contributed by atoms with Crippen LogP contribution >= 0.6 is 0 Å². The van der Waals surface area contributed by atoms with E-state index in [1.807, 2.05) is 0 Å². The number of carbonyl (C=O) groups excluding carboxylic acids is 2. The lowest BCUT2D eigenvalue weighted by Crippen LogP contribution is -2.64. The summed E-state index contributed by atoms with van der Waals surface area (Å²) in [5.74, 6) is -0.210. The van der Waals surface area contributed by atoms with E-state index < -0.39 is 6.36 Å². The van der Waals surface area contributed by atoms with Crippen molar-refractivity contribution in [2.45, 2.75) is 31.3 Å². The van der Waals surface area contributed by atoms with E-state index >= 15 is 0 Å². The van der Waals surface area contributed by atoms with Crippen LogP contribution in [0.1, 0.15) is 12.0 Å². The Morgan fingerprint density at radius 1 is 1.24 bits per heavy atom. The number of nitrogens with zero attached hydrogens (tertiary/aromatic N) is 2. The van der Waals surface area contributed by atoms with Crippen LogP contribution in [0, 0.1) is 5.92 Å². The Balaban J connectivity index is 1.26. The van der Waals surface area contributed by atoms with E-state index in [0.717, 1.165) is 5.56 Å². The number of fused-ring (bicyclic) bond motifs is 1. The molecule has 0 spiro atoms. The summed E-state index contributed by atoms with van der Waals surface area (Å²) in [5.41, 5.74) is 0.742. The molecule has 3 heterocycles. The molecule has 158 valence electrons. The molecule has 4 rings (SSSR count). The second-order valence-electron chi connectivity index (χ2n) is 7.71. The molecular weight excluding hydrogens is 391 g/mol. The van der Waals surface area contributed by atoms with E-state index in [1.165, 1.54) is 18.2 Å². The number of amides is 3. The van der Waals surface area contributed by atoms with Crippen LogP contribution in [0.2, 0.25) is 0 Å². The van der Waals surface area contributed by atoms with Crippen molar-refractivity contribution >= 4 is 11.9 Å². The fourth-order valence-electron chi connectivity index (χ4n) is 4.13. The summed E-state index contributed by atoms with van der Waals surface area (Å²) in [6.07, 6.45) is -3.51. The Morgan fingerprint density at radius 2 is 2.03 bits per heavy atom. The Hall–Kier alpha value is -2.49. The maximum atomic E-state index is 12.7. The predicted octanol–water partition coefficient (Wildman–Crippen LogP) is 1.77. The number of urea groups is 1. The van der Waals surface area contributed by atoms with E-state index in [4.69, 9.17) is 4.74 Å². The number of morpholine rings is 1. The summed E-state index contributed by atoms with van der Waals surface area (Å²) in [7, 11) is 0. The predicted molar refractivity (Wildman–Crippen MR) is 95.1 cm³/mol. The fraction of sp³-hybridized carbons (Fsp3) is 0.579. The zero-order chi connectivity index (χ0) is 20.6. The highest BCUT2D eigenvalue weighted by atomic mass is 19.4. The van der Waals surface area contributed by atoms with Crippen LogP contribution in [0.4, 0.5) is 18.0 Å². The Morgan fingerprint density at radius 3 is 2.79 bits per heavy atom. The van der Waals surface area contributed by atoms with Gasteiger partial charge >= 0.3 is 12.4 Å². The molecule has 1 N–H and O–H groups in total. The Kier molecular flexibility index (Phi) is 5.28. The third kappa shape index (κ3) is 4.75. The van der Waals surface area contributed by atoms with Gasteiger partial charge < -0.3 is 24.6 Å². The van der Waals surface area contributed by atoms with E-state index in [1.54, 1.807) is 15.9 Å². The second kappa shape index (κ2) is 7.74. The summed E-state index contributed by atoms with van der Waals surface area (Å²) < 4.78 is 46.5. The third-order valence-electron chi connectivity index (χ3n) is 5.48. The highest BCUT2D eigenvalue weighted by molar-refractivity contribution is 5.79. The number of rotatable bonds is 3. The molecule has 3 aliphatic heterocycles. The van der Waals surface area contributed by atoms with Crippen molar-refractivity contribution in [3.8, 4) is 5.75 Å². The number of likely N-dealkylation sites (tertiary alicyclic amines) is 2. The first-order chi connectivity index (χ1) is 13.8. The zero-order valence-electron chi connectivity index (χ0n) is 15.7. The number of piperidine rings is 1. The fourth-order valence-corrected chi connectivity index (χ4v) is 4.13. The zero-order valence-corrected chi connectivity index (χ0v) is 15.7. The molecule has 0 saturated carbocycles. The molecule has 3 saturated heterocycles. The number of alkyl halides is 3. The molecule has 0 radical (unpaired) electrons. The molecule has 1 aromatic rings. The second-order valence-corrected chi connectivity index (χ2v) is 7.71. The smallest absolute Gasteiger partial charge is 0.406 e. The van der Waals surface area contributed by atoms with Gasteiger partial charge in [-0.1, -0.05) is 12.1 Å². The number of halogens is 3. The van der Waals surface area contributed by atoms with Crippen molar-refractivity contribution in [2.75, 3.05) is 32.8 Å². The van der Waals surface area contributed by atoms with Crippen LogP contribution < -0.4 is 10.1 Å². The monoisotopic (exact) mass is 413 g/mol. The average Bonchev–Trinajstić information content (AvgIpc) is 2.62. The maximum Gasteiger partial charge on any atom is 0.573 e. The van der Waals surface area contributed by atoms with Gasteiger partial charge in [0.2, 0.25) is 5.91 Å². The molecule has 2 atom stereocenters. The topological polar surface area (TPSA) is 71.1 Å². The SMILES string of the molecule is O=C1CO[C@H]2CCN(C(=O)N3CC(Cc4cccc(OC(F)(F)F)c4)C3)C[C@H]2N1. The highest BCUT2D eigenvalue weighted by Gasteiger charge is 2.40. The van der Waals surface area contributed by atoms with Gasteiger partial charge in [-0.3, -0.25) is 4.79 Å². The number of carbonyl (C=O) groups is 2. The minimum absolute atomic E-state index is 0.0490. The van der Waals surface area contributed by atoms with E-state index in [-0.39, 0.29) is 42.4 Å². The summed E-state index contributed by atoms with van der Waals surface area (Å²) in [6, 6.07) is 5.68. The molecular formula is C19H22F3N3O4. The standard InChI is InChI=1S/C19H22F3N3O4/c20-19(21,22)29-14-3-1-2-12(7-14)6-13-8-25(9-13)18(27)24-5-4-16-15(10-24)23-17(26)11-28-16/h1-3,7,13,15-16H,4-6,8-11H2,(H,23,26)/t15-,16+/m1/s1. The molecule has 3 aliphatic rings. The van der Waals surface area contributed by atoms with Gasteiger partial charge in [0.05, 0.1) is 12.1 Å². The minimum atomic E-state index is -4.71. The Bertz CT molecular complexity index is 782. The summed E-state index contributed by atoms with van der Waals surface area (Å²) in [4.78, 5) is 27.6. The van der Waals surface area contributed by atoms with Gasteiger partial charge in [0.25, 0.3) is 0 Å². The van der Waals surface area contributed by atoms with Crippen LogP contribution in [0.5, 0.6) is 5.75 Å². The molecule has 0 unspecified atom stereocenters. The molecule has 3 amide bonds. The van der Waals surface area contributed by atoms with Crippen molar-refractivity contribution in [1.29, 1.82) is 0 Å². The number of hydrogen-bond acceptors (Lipinski definition) is 4. The number of nitrogens with one attached hydrogen (secondary N) is 1. The van der Waals surface area contributed by atoms with E-state index in [9.17, 15) is 22.8 Å². The summed E-state index contributed by atoms with van der Waals surface area (Å²) in [5, 5.41) is 2.87. The number of ether oxygens (including phenoxy) is 2. The van der Waals surface area contributed by atoms with E-state index in [2.05, 4.69) is 10.1 Å². The first-order valence-corrected chi connectivity index (χ1v) is 9.56. The van der Waals surface area contributed by atoms with Crippen molar-refractivity contribution in [2.24, 2.45) is 5.92 Å². The van der Waals surface area contributed by atoms with Gasteiger partial charge in [-0.05, 0) is 36.5 Å². The van der Waals surface area contributed by atoms with Crippen LogP contribution in [0.15, 0.2) is 24.3 Å². The van der Waals surface area contributed by atoms with Gasteiger partial charge in [-0.2, -0.15) is 0 Å². The van der Waals surface area contributed by atoms with E-state index in [0.29, 0.717) is 39.0 Å². The van der Waals surface area contributed by atoms with Gasteiger partial charge in [-0.15, -0.1) is 13.2 Å². The third-order valence-corrected chi connectivity index (χ3v) is 5.48. The maximum absolute atomic E-state index is 12.7. The first kappa shape index (κ1) is 19.8.